The molecule has 3 aromatic rings. The number of carbonyl (C=O) groups excluding carboxylic acids is 2. The Hall–Kier alpha value is -3.41. The first-order chi connectivity index (χ1) is 15.5. The zero-order chi connectivity index (χ0) is 22.7. The first kappa shape index (κ1) is 21.8. The van der Waals surface area contributed by atoms with E-state index in [1.165, 1.54) is 12.1 Å². The lowest BCUT2D eigenvalue weighted by Gasteiger charge is -2.34. The number of rotatable bonds is 5. The molecule has 0 radical (unpaired) electrons. The number of hydrogen-bond acceptors (Lipinski definition) is 3. The minimum absolute atomic E-state index is 0.0219. The maximum absolute atomic E-state index is 13.5. The first-order valence-corrected chi connectivity index (χ1v) is 10.8. The zero-order valence-electron chi connectivity index (χ0n) is 18.4. The van der Waals surface area contributed by atoms with Crippen LogP contribution in [0.1, 0.15) is 28.8 Å². The summed E-state index contributed by atoms with van der Waals surface area (Å²) in [5, 5.41) is 1.73. The molecular weight excluding hydrogens is 407 g/mol. The highest BCUT2D eigenvalue weighted by Gasteiger charge is 2.31. The second-order valence-corrected chi connectivity index (χ2v) is 8.28. The molecule has 1 atom stereocenters. The quantitative estimate of drug-likeness (QED) is 0.594. The van der Waals surface area contributed by atoms with E-state index in [1.807, 2.05) is 30.3 Å². The van der Waals surface area contributed by atoms with Crippen LogP contribution >= 0.6 is 0 Å². The van der Waals surface area contributed by atoms with Crippen LogP contribution in [0.15, 0.2) is 60.7 Å². The van der Waals surface area contributed by atoms with Gasteiger partial charge in [0.25, 0.3) is 5.91 Å². The summed E-state index contributed by atoms with van der Waals surface area (Å²) >= 11 is 0. The predicted molar refractivity (Wildman–Crippen MR) is 122 cm³/mol. The number of nitrogens with zero attached hydrogens (tertiary/aromatic N) is 2. The van der Waals surface area contributed by atoms with Gasteiger partial charge in [-0.15, -0.1) is 0 Å². The largest absolute Gasteiger partial charge is 0.496 e. The van der Waals surface area contributed by atoms with Crippen LogP contribution < -0.4 is 4.74 Å². The summed E-state index contributed by atoms with van der Waals surface area (Å²) in [6.07, 6.45) is 1.50. The van der Waals surface area contributed by atoms with Gasteiger partial charge in [0.15, 0.2) is 0 Å². The van der Waals surface area contributed by atoms with Gasteiger partial charge >= 0.3 is 0 Å². The van der Waals surface area contributed by atoms with Crippen molar-refractivity contribution >= 4 is 22.6 Å². The van der Waals surface area contributed by atoms with E-state index >= 15 is 0 Å². The van der Waals surface area contributed by atoms with Crippen molar-refractivity contribution in [3.8, 4) is 5.75 Å². The van der Waals surface area contributed by atoms with Crippen LogP contribution in [-0.2, 0) is 11.3 Å². The molecule has 0 saturated carbocycles. The van der Waals surface area contributed by atoms with Crippen LogP contribution in [0.25, 0.3) is 10.8 Å². The van der Waals surface area contributed by atoms with Gasteiger partial charge in [-0.2, -0.15) is 0 Å². The Balaban J connectivity index is 1.50. The van der Waals surface area contributed by atoms with Gasteiger partial charge in [-0.3, -0.25) is 9.59 Å². The van der Waals surface area contributed by atoms with Crippen LogP contribution in [0.4, 0.5) is 4.39 Å². The van der Waals surface area contributed by atoms with Crippen molar-refractivity contribution in [1.82, 2.24) is 9.80 Å². The Bertz CT molecular complexity index is 1150. The summed E-state index contributed by atoms with van der Waals surface area (Å²) in [5.74, 6) is 0.0450. The van der Waals surface area contributed by atoms with Crippen LogP contribution in [0, 0.1) is 11.7 Å². The van der Waals surface area contributed by atoms with Gasteiger partial charge in [0, 0.05) is 37.6 Å². The molecule has 32 heavy (non-hydrogen) atoms. The molecule has 0 bridgehead atoms. The molecule has 0 spiro atoms. The van der Waals surface area contributed by atoms with Gasteiger partial charge in [0.1, 0.15) is 11.6 Å². The molecule has 2 amide bonds. The number of carbonyl (C=O) groups is 2. The Labute approximate surface area is 187 Å². The highest BCUT2D eigenvalue weighted by Crippen LogP contribution is 2.30. The third-order valence-electron chi connectivity index (χ3n) is 6.08. The second kappa shape index (κ2) is 9.39. The van der Waals surface area contributed by atoms with E-state index in [9.17, 15) is 14.0 Å². The van der Waals surface area contributed by atoms with E-state index < -0.39 is 0 Å². The molecule has 0 aliphatic carbocycles. The smallest absolute Gasteiger partial charge is 0.254 e. The Morgan fingerprint density at radius 2 is 1.88 bits per heavy atom. The van der Waals surface area contributed by atoms with Crippen molar-refractivity contribution in [3.05, 3.63) is 77.6 Å². The molecule has 1 aliphatic rings. The molecular formula is C26H27FN2O3. The first-order valence-electron chi connectivity index (χ1n) is 10.8. The Kier molecular flexibility index (Phi) is 6.40. The summed E-state index contributed by atoms with van der Waals surface area (Å²) in [6.45, 7) is 1.34. The summed E-state index contributed by atoms with van der Waals surface area (Å²) in [6, 6.07) is 17.6. The van der Waals surface area contributed by atoms with Gasteiger partial charge in [-0.1, -0.05) is 36.4 Å². The van der Waals surface area contributed by atoms with Crippen LogP contribution in [0.3, 0.4) is 0 Å². The van der Waals surface area contributed by atoms with E-state index in [1.54, 1.807) is 42.2 Å². The fraction of sp³-hybridized carbons (Fsp3) is 0.308. The summed E-state index contributed by atoms with van der Waals surface area (Å²) in [5.41, 5.74) is 1.36. The Morgan fingerprint density at radius 1 is 1.09 bits per heavy atom. The number of methoxy groups -OCH3 is 1. The number of fused-ring (bicyclic) bond motifs is 1. The molecule has 6 heteroatoms. The highest BCUT2D eigenvalue weighted by molar-refractivity contribution is 6.08. The van der Waals surface area contributed by atoms with E-state index in [0.717, 1.165) is 34.9 Å². The molecule has 3 aromatic carbocycles. The highest BCUT2D eigenvalue weighted by atomic mass is 19.1. The van der Waals surface area contributed by atoms with Crippen molar-refractivity contribution in [1.29, 1.82) is 0 Å². The average molecular weight is 435 g/mol. The summed E-state index contributed by atoms with van der Waals surface area (Å²) in [7, 11) is 3.34. The van der Waals surface area contributed by atoms with Crippen molar-refractivity contribution in [3.63, 3.8) is 0 Å². The zero-order valence-corrected chi connectivity index (χ0v) is 18.4. The third kappa shape index (κ3) is 4.44. The number of ether oxygens (including phenoxy) is 1. The molecule has 1 saturated heterocycles. The monoisotopic (exact) mass is 434 g/mol. The maximum Gasteiger partial charge on any atom is 0.254 e. The van der Waals surface area contributed by atoms with Crippen LogP contribution in [-0.4, -0.2) is 48.9 Å². The minimum atomic E-state index is -0.315. The van der Waals surface area contributed by atoms with E-state index in [-0.39, 0.29) is 23.5 Å². The van der Waals surface area contributed by atoms with Gasteiger partial charge in [-0.05, 0) is 48.1 Å². The molecule has 5 nitrogen and oxygen atoms in total. The molecule has 1 heterocycles. The number of halogens is 1. The van der Waals surface area contributed by atoms with Crippen molar-refractivity contribution in [2.24, 2.45) is 5.92 Å². The lowest BCUT2D eigenvalue weighted by Crippen LogP contribution is -2.45. The van der Waals surface area contributed by atoms with E-state index in [4.69, 9.17) is 4.74 Å². The fourth-order valence-corrected chi connectivity index (χ4v) is 4.47. The topological polar surface area (TPSA) is 49.9 Å². The average Bonchev–Trinajstić information content (AvgIpc) is 2.82. The van der Waals surface area contributed by atoms with E-state index in [2.05, 4.69) is 0 Å². The van der Waals surface area contributed by atoms with E-state index in [0.29, 0.717) is 25.2 Å². The molecule has 0 aromatic heterocycles. The summed E-state index contributed by atoms with van der Waals surface area (Å²) in [4.78, 5) is 29.9. The molecule has 1 aliphatic heterocycles. The van der Waals surface area contributed by atoms with Crippen LogP contribution in [0.2, 0.25) is 0 Å². The number of benzene rings is 3. The van der Waals surface area contributed by atoms with Gasteiger partial charge in [0.05, 0.1) is 13.0 Å². The predicted octanol–water partition coefficient (Wildman–Crippen LogP) is 4.50. The fourth-order valence-electron chi connectivity index (χ4n) is 4.47. The molecule has 166 valence electrons. The number of piperidine rings is 1. The number of likely N-dealkylation sites (tertiary alicyclic amines) is 1. The van der Waals surface area contributed by atoms with Crippen molar-refractivity contribution in [2.75, 3.05) is 27.2 Å². The standard InChI is InChI=1S/C26H27FN2O3/c1-28(16-18-7-5-9-20(27)15-18)25(30)19-8-6-14-29(17-19)26(31)23-12-13-24(32-2)22-11-4-3-10-21(22)23/h3-5,7,9-13,15,19H,6,8,14,16-17H2,1-2H3. The van der Waals surface area contributed by atoms with Crippen molar-refractivity contribution in [2.45, 2.75) is 19.4 Å². The van der Waals surface area contributed by atoms with Gasteiger partial charge < -0.3 is 14.5 Å². The third-order valence-corrected chi connectivity index (χ3v) is 6.08. The molecule has 1 fully saturated rings. The lowest BCUT2D eigenvalue weighted by atomic mass is 9.95. The summed E-state index contributed by atoms with van der Waals surface area (Å²) < 4.78 is 18.9. The molecule has 4 rings (SSSR count). The SMILES string of the molecule is COc1ccc(C(=O)N2CCCC(C(=O)N(C)Cc3cccc(F)c3)C2)c2ccccc12. The normalized spacial score (nSPS) is 16.1. The van der Waals surface area contributed by atoms with Crippen LogP contribution in [0.5, 0.6) is 5.75 Å². The Morgan fingerprint density at radius 3 is 2.62 bits per heavy atom. The minimum Gasteiger partial charge on any atom is -0.496 e. The second-order valence-electron chi connectivity index (χ2n) is 8.28. The lowest BCUT2D eigenvalue weighted by molar-refractivity contribution is -0.136. The molecule has 0 N–H and O–H groups in total. The van der Waals surface area contributed by atoms with Crippen molar-refractivity contribution < 1.29 is 18.7 Å². The van der Waals surface area contributed by atoms with Gasteiger partial charge in [-0.25, -0.2) is 4.39 Å². The number of hydrogen-bond donors (Lipinski definition) is 0. The molecule has 1 unspecified atom stereocenters. The number of amides is 2. The maximum atomic E-state index is 13.5. The van der Waals surface area contributed by atoms with Gasteiger partial charge in [0.2, 0.25) is 5.91 Å².